The van der Waals surface area contributed by atoms with E-state index in [1.54, 1.807) is 13.8 Å². The van der Waals surface area contributed by atoms with Crippen LogP contribution in [0.4, 0.5) is 0 Å². The Balaban J connectivity index is 3.37. The number of hydrogen-bond acceptors (Lipinski definition) is 5. The molecular weight excluding hydrogens is 298 g/mol. The van der Waals surface area contributed by atoms with E-state index in [4.69, 9.17) is 14.6 Å². The monoisotopic (exact) mass is 317 g/mol. The van der Waals surface area contributed by atoms with Gasteiger partial charge in [0.15, 0.2) is 0 Å². The molecule has 1 N–H and O–H groups in total. The molecule has 8 heteroatoms. The van der Waals surface area contributed by atoms with Gasteiger partial charge in [-0.05, 0) is 26.0 Å². The van der Waals surface area contributed by atoms with Crippen molar-refractivity contribution in [2.75, 3.05) is 20.8 Å². The van der Waals surface area contributed by atoms with Crippen LogP contribution < -0.4 is 9.47 Å². The molecule has 0 bridgehead atoms. The number of benzene rings is 1. The zero-order valence-electron chi connectivity index (χ0n) is 12.4. The zero-order valence-corrected chi connectivity index (χ0v) is 13.2. The van der Waals surface area contributed by atoms with Crippen molar-refractivity contribution in [2.24, 2.45) is 0 Å². The second kappa shape index (κ2) is 6.77. The highest BCUT2D eigenvalue weighted by Gasteiger charge is 2.31. The molecule has 7 nitrogen and oxygen atoms in total. The molecule has 0 heterocycles. The van der Waals surface area contributed by atoms with Gasteiger partial charge in [-0.3, -0.25) is 4.79 Å². The number of hydrogen-bond donors (Lipinski definition) is 1. The van der Waals surface area contributed by atoms with E-state index in [0.29, 0.717) is 5.75 Å². The number of carboxylic acids is 1. The van der Waals surface area contributed by atoms with Gasteiger partial charge in [0, 0.05) is 12.1 Å². The summed E-state index contributed by atoms with van der Waals surface area (Å²) in [6.45, 7) is 2.60. The number of carbonyl (C=O) groups is 1. The van der Waals surface area contributed by atoms with Crippen molar-refractivity contribution in [1.82, 2.24) is 4.31 Å². The van der Waals surface area contributed by atoms with Gasteiger partial charge in [-0.2, -0.15) is 4.31 Å². The first-order valence-electron chi connectivity index (χ1n) is 6.19. The highest BCUT2D eigenvalue weighted by Crippen LogP contribution is 2.31. The van der Waals surface area contributed by atoms with Gasteiger partial charge in [-0.1, -0.05) is 0 Å². The van der Waals surface area contributed by atoms with Crippen molar-refractivity contribution in [1.29, 1.82) is 0 Å². The second-order valence-corrected chi connectivity index (χ2v) is 6.41. The first kappa shape index (κ1) is 17.3. The minimum Gasteiger partial charge on any atom is -0.497 e. The molecule has 0 aliphatic carbocycles. The van der Waals surface area contributed by atoms with Crippen molar-refractivity contribution in [3.05, 3.63) is 18.2 Å². The van der Waals surface area contributed by atoms with E-state index < -0.39 is 28.6 Å². The van der Waals surface area contributed by atoms with Gasteiger partial charge in [-0.25, -0.2) is 8.42 Å². The summed E-state index contributed by atoms with van der Waals surface area (Å²) in [5.41, 5.74) is 0. The zero-order chi connectivity index (χ0) is 16.2. The summed E-state index contributed by atoms with van der Waals surface area (Å²) in [7, 11) is -1.20. The minimum atomic E-state index is -3.99. The molecule has 0 aromatic heterocycles. The highest BCUT2D eigenvalue weighted by atomic mass is 32.2. The molecule has 0 atom stereocenters. The van der Waals surface area contributed by atoms with Crippen LogP contribution in [0.3, 0.4) is 0 Å². The topological polar surface area (TPSA) is 93.1 Å². The molecule has 118 valence electrons. The lowest BCUT2D eigenvalue weighted by Crippen LogP contribution is -2.40. The molecule has 1 rings (SSSR count). The Morgan fingerprint density at radius 2 is 1.90 bits per heavy atom. The summed E-state index contributed by atoms with van der Waals surface area (Å²) >= 11 is 0. The van der Waals surface area contributed by atoms with Crippen molar-refractivity contribution < 1.29 is 27.8 Å². The van der Waals surface area contributed by atoms with E-state index in [9.17, 15) is 13.2 Å². The van der Waals surface area contributed by atoms with E-state index in [1.165, 1.54) is 32.4 Å². The predicted molar refractivity (Wildman–Crippen MR) is 76.2 cm³/mol. The average Bonchev–Trinajstić information content (AvgIpc) is 2.43. The Morgan fingerprint density at radius 1 is 1.29 bits per heavy atom. The molecule has 0 aliphatic heterocycles. The number of methoxy groups -OCH3 is 2. The van der Waals surface area contributed by atoms with Crippen LogP contribution in [0.25, 0.3) is 0 Å². The molecule has 0 fully saturated rings. The first-order valence-corrected chi connectivity index (χ1v) is 7.63. The average molecular weight is 317 g/mol. The molecule has 0 amide bonds. The fourth-order valence-corrected chi connectivity index (χ4v) is 3.52. The van der Waals surface area contributed by atoms with Crippen LogP contribution in [0.2, 0.25) is 0 Å². The molecule has 1 aromatic carbocycles. The van der Waals surface area contributed by atoms with E-state index in [0.717, 1.165) is 4.31 Å². The maximum atomic E-state index is 12.6. The van der Waals surface area contributed by atoms with Gasteiger partial charge in [0.25, 0.3) is 0 Å². The highest BCUT2D eigenvalue weighted by molar-refractivity contribution is 7.89. The number of nitrogens with zero attached hydrogens (tertiary/aromatic N) is 1. The summed E-state index contributed by atoms with van der Waals surface area (Å²) in [6, 6.07) is 3.75. The third-order valence-electron chi connectivity index (χ3n) is 2.82. The number of carboxylic acid groups (broad SMARTS) is 1. The van der Waals surface area contributed by atoms with Crippen molar-refractivity contribution in [2.45, 2.75) is 24.8 Å². The normalized spacial score (nSPS) is 11.7. The summed E-state index contributed by atoms with van der Waals surface area (Å²) in [6.07, 6.45) is 0. The van der Waals surface area contributed by atoms with Gasteiger partial charge in [0.05, 0.1) is 14.2 Å². The van der Waals surface area contributed by atoms with Crippen LogP contribution in [-0.4, -0.2) is 50.6 Å². The molecule has 0 saturated heterocycles. The molecule has 21 heavy (non-hydrogen) atoms. The number of ether oxygens (including phenoxy) is 2. The number of sulfonamides is 1. The third-order valence-corrected chi connectivity index (χ3v) is 4.89. The first-order chi connectivity index (χ1) is 9.73. The van der Waals surface area contributed by atoms with Crippen LogP contribution in [0, 0.1) is 0 Å². The predicted octanol–water partition coefficient (Wildman–Crippen LogP) is 1.19. The Morgan fingerprint density at radius 3 is 2.33 bits per heavy atom. The fourth-order valence-electron chi connectivity index (χ4n) is 1.79. The van der Waals surface area contributed by atoms with Crippen molar-refractivity contribution >= 4 is 16.0 Å². The molecule has 0 spiro atoms. The maximum Gasteiger partial charge on any atom is 0.318 e. The van der Waals surface area contributed by atoms with Crippen LogP contribution in [-0.2, 0) is 14.8 Å². The van der Waals surface area contributed by atoms with Gasteiger partial charge in [0.1, 0.15) is 22.9 Å². The van der Waals surface area contributed by atoms with Crippen LogP contribution in [0.15, 0.2) is 23.1 Å². The second-order valence-electron chi connectivity index (χ2n) is 4.55. The van der Waals surface area contributed by atoms with Crippen LogP contribution in [0.5, 0.6) is 11.5 Å². The van der Waals surface area contributed by atoms with E-state index in [-0.39, 0.29) is 10.6 Å². The summed E-state index contributed by atoms with van der Waals surface area (Å²) in [5.74, 6) is -0.676. The number of rotatable bonds is 7. The largest absolute Gasteiger partial charge is 0.497 e. The van der Waals surface area contributed by atoms with Crippen molar-refractivity contribution in [3.8, 4) is 11.5 Å². The Bertz CT molecular complexity index is 611. The molecule has 0 aliphatic rings. The van der Waals surface area contributed by atoms with Crippen LogP contribution >= 0.6 is 0 Å². The van der Waals surface area contributed by atoms with E-state index >= 15 is 0 Å². The lowest BCUT2D eigenvalue weighted by atomic mass is 10.3. The van der Waals surface area contributed by atoms with Gasteiger partial charge in [0.2, 0.25) is 10.0 Å². The third kappa shape index (κ3) is 3.85. The van der Waals surface area contributed by atoms with Crippen molar-refractivity contribution in [3.63, 3.8) is 0 Å². The standard InChI is InChI=1S/C13H19NO6S/c1-9(2)14(8-13(15)16)21(17,18)12-6-5-10(19-3)7-11(12)20-4/h5-7,9H,8H2,1-4H3,(H,15,16). The summed E-state index contributed by atoms with van der Waals surface area (Å²) in [4.78, 5) is 10.8. The molecule has 1 aromatic rings. The Hall–Kier alpha value is -1.80. The van der Waals surface area contributed by atoms with E-state index in [1.807, 2.05) is 0 Å². The fraction of sp³-hybridized carbons (Fsp3) is 0.462. The number of aliphatic carboxylic acids is 1. The molecular formula is C13H19NO6S. The van der Waals surface area contributed by atoms with Crippen LogP contribution in [0.1, 0.15) is 13.8 Å². The summed E-state index contributed by atoms with van der Waals surface area (Å²) < 4.78 is 36.3. The van der Waals surface area contributed by atoms with Gasteiger partial charge in [-0.15, -0.1) is 0 Å². The molecule has 0 radical (unpaired) electrons. The maximum absolute atomic E-state index is 12.6. The smallest absolute Gasteiger partial charge is 0.318 e. The summed E-state index contributed by atoms with van der Waals surface area (Å²) in [5, 5.41) is 8.89. The lowest BCUT2D eigenvalue weighted by molar-refractivity contribution is -0.137. The minimum absolute atomic E-state index is 0.0965. The lowest BCUT2D eigenvalue weighted by Gasteiger charge is -2.25. The Labute approximate surface area is 124 Å². The molecule has 0 unspecified atom stereocenters. The Kier molecular flexibility index (Phi) is 5.56. The van der Waals surface area contributed by atoms with E-state index in [2.05, 4.69) is 0 Å². The SMILES string of the molecule is COc1ccc(S(=O)(=O)N(CC(=O)O)C(C)C)c(OC)c1. The quantitative estimate of drug-likeness (QED) is 0.812. The van der Waals surface area contributed by atoms with Gasteiger partial charge >= 0.3 is 5.97 Å². The molecule has 0 saturated carbocycles. The van der Waals surface area contributed by atoms with Gasteiger partial charge < -0.3 is 14.6 Å².